The van der Waals surface area contributed by atoms with Crippen molar-refractivity contribution in [1.82, 2.24) is 20.0 Å². The number of carbonyl (C=O) groups excluding carboxylic acids is 1. The molecule has 6 heteroatoms. The van der Waals surface area contributed by atoms with Crippen molar-refractivity contribution in [3.8, 4) is 5.75 Å². The Labute approximate surface area is 165 Å². The third-order valence-electron chi connectivity index (χ3n) is 7.02. The number of phenols is 1. The minimum absolute atomic E-state index is 0.287. The van der Waals surface area contributed by atoms with Crippen LogP contribution in [0.4, 0.5) is 0 Å². The van der Waals surface area contributed by atoms with Crippen molar-refractivity contribution >= 4 is 5.91 Å². The minimum Gasteiger partial charge on any atom is -0.508 e. The molecule has 6 rings (SSSR count). The van der Waals surface area contributed by atoms with Crippen LogP contribution in [0.25, 0.3) is 0 Å². The van der Waals surface area contributed by atoms with Gasteiger partial charge >= 0.3 is 0 Å². The topological polar surface area (TPSA) is 72.5 Å². The molecule has 4 saturated heterocycles. The van der Waals surface area contributed by atoms with Gasteiger partial charge in [-0.3, -0.25) is 14.8 Å². The predicted octanol–water partition coefficient (Wildman–Crippen LogP) is 2.53. The van der Waals surface area contributed by atoms with Crippen LogP contribution in [0.3, 0.4) is 0 Å². The van der Waals surface area contributed by atoms with Gasteiger partial charge < -0.3 is 10.0 Å². The third-order valence-corrected chi connectivity index (χ3v) is 7.02. The number of phenolic OH excluding ortho intramolecular Hbond substituents is 1. The number of fused-ring (bicyclic) bond motifs is 2. The molecule has 28 heavy (non-hydrogen) atoms. The van der Waals surface area contributed by atoms with Gasteiger partial charge in [0.05, 0.1) is 12.2 Å². The molecule has 4 aliphatic heterocycles. The first-order valence-electron chi connectivity index (χ1n) is 10.5. The highest BCUT2D eigenvalue weighted by Gasteiger charge is 2.54. The summed E-state index contributed by atoms with van der Waals surface area (Å²) in [6.45, 7) is 3.06. The van der Waals surface area contributed by atoms with E-state index in [1.807, 2.05) is 24.5 Å². The number of rotatable bonds is 5. The van der Waals surface area contributed by atoms with Gasteiger partial charge in [-0.1, -0.05) is 12.1 Å². The number of aryl methyl sites for hydroxylation is 1. The zero-order valence-corrected chi connectivity index (χ0v) is 16.1. The third kappa shape index (κ3) is 3.09. The Morgan fingerprint density at radius 3 is 2.86 bits per heavy atom. The molecule has 3 unspecified atom stereocenters. The molecule has 2 aromatic rings. The molecule has 1 aromatic heterocycles. The molecule has 0 radical (unpaired) electrons. The molecule has 0 spiro atoms. The van der Waals surface area contributed by atoms with Gasteiger partial charge in [0.25, 0.3) is 0 Å². The van der Waals surface area contributed by atoms with E-state index in [0.717, 1.165) is 43.6 Å². The number of nitrogens with one attached hydrogen (secondary N) is 1. The van der Waals surface area contributed by atoms with E-state index in [1.165, 1.54) is 12.8 Å². The maximum absolute atomic E-state index is 13.2. The first kappa shape index (κ1) is 17.7. The number of benzene rings is 1. The second-order valence-electron chi connectivity index (χ2n) is 8.56. The first-order chi connectivity index (χ1) is 13.7. The van der Waals surface area contributed by atoms with Crippen LogP contribution >= 0.6 is 0 Å². The number of nitrogens with zero attached hydrogens (tertiary/aromatic N) is 3. The Balaban J connectivity index is 1.35. The zero-order chi connectivity index (χ0) is 19.1. The standard InChI is InChI=1S/C22H28N4O2/c27-18-5-2-4-17(11-18)19-14-26(20(28)6-1-3-15-12-23-24-13-15)21-16-7-9-25(10-8-16)22(19)21/h2,4-5,11-13,16,19,21-22,27H,1,3,6-10,14H2,(H,23,24). The van der Waals surface area contributed by atoms with Crippen LogP contribution < -0.4 is 0 Å². The maximum atomic E-state index is 13.2. The van der Waals surface area contributed by atoms with Crippen LogP contribution in [0, 0.1) is 5.92 Å². The Bertz CT molecular complexity index is 829. The molecule has 0 aliphatic carbocycles. The van der Waals surface area contributed by atoms with Gasteiger partial charge in [0.2, 0.25) is 5.91 Å². The maximum Gasteiger partial charge on any atom is 0.222 e. The second kappa shape index (κ2) is 7.24. The highest BCUT2D eigenvalue weighted by Crippen LogP contribution is 2.47. The van der Waals surface area contributed by atoms with Crippen LogP contribution in [0.2, 0.25) is 0 Å². The van der Waals surface area contributed by atoms with Gasteiger partial charge in [0.15, 0.2) is 0 Å². The minimum atomic E-state index is 0.287. The van der Waals surface area contributed by atoms with Gasteiger partial charge in [-0.15, -0.1) is 0 Å². The Morgan fingerprint density at radius 1 is 1.25 bits per heavy atom. The monoisotopic (exact) mass is 380 g/mol. The summed E-state index contributed by atoms with van der Waals surface area (Å²) in [5.41, 5.74) is 2.32. The van der Waals surface area contributed by atoms with E-state index in [1.54, 1.807) is 6.07 Å². The number of H-pyrrole nitrogens is 1. The van der Waals surface area contributed by atoms with E-state index < -0.39 is 0 Å². The SMILES string of the molecule is O=C(CCCc1cn[nH]c1)N1CC(c2cccc(O)c2)C2C1C1CCN2CC1. The number of piperidine rings is 3. The highest BCUT2D eigenvalue weighted by molar-refractivity contribution is 5.77. The van der Waals surface area contributed by atoms with Crippen LogP contribution in [0.1, 0.15) is 42.7 Å². The lowest BCUT2D eigenvalue weighted by atomic mass is 9.75. The van der Waals surface area contributed by atoms with E-state index >= 15 is 0 Å². The largest absolute Gasteiger partial charge is 0.508 e. The molecule has 0 saturated carbocycles. The van der Waals surface area contributed by atoms with E-state index in [9.17, 15) is 9.90 Å². The van der Waals surface area contributed by atoms with Gasteiger partial charge in [-0.2, -0.15) is 5.10 Å². The van der Waals surface area contributed by atoms with Crippen molar-refractivity contribution < 1.29 is 9.90 Å². The highest BCUT2D eigenvalue weighted by atomic mass is 16.3. The Morgan fingerprint density at radius 2 is 2.11 bits per heavy atom. The molecule has 3 atom stereocenters. The molecule has 4 aliphatic rings. The van der Waals surface area contributed by atoms with Crippen molar-refractivity contribution in [2.24, 2.45) is 5.92 Å². The van der Waals surface area contributed by atoms with Crippen LogP contribution in [0.5, 0.6) is 5.75 Å². The van der Waals surface area contributed by atoms with Crippen molar-refractivity contribution in [3.05, 3.63) is 47.8 Å². The Kier molecular flexibility index (Phi) is 4.59. The summed E-state index contributed by atoms with van der Waals surface area (Å²) in [4.78, 5) is 18.0. The summed E-state index contributed by atoms with van der Waals surface area (Å²) in [7, 11) is 0. The molecule has 2 bridgehead atoms. The van der Waals surface area contributed by atoms with Crippen molar-refractivity contribution in [2.75, 3.05) is 19.6 Å². The van der Waals surface area contributed by atoms with Crippen LogP contribution in [-0.2, 0) is 11.2 Å². The van der Waals surface area contributed by atoms with Gasteiger partial charge in [-0.05, 0) is 68.0 Å². The molecule has 1 amide bonds. The fourth-order valence-electron chi connectivity index (χ4n) is 5.75. The number of hydrogen-bond acceptors (Lipinski definition) is 4. The predicted molar refractivity (Wildman–Crippen MR) is 106 cm³/mol. The summed E-state index contributed by atoms with van der Waals surface area (Å²) < 4.78 is 0. The summed E-state index contributed by atoms with van der Waals surface area (Å²) in [6, 6.07) is 8.37. The second-order valence-corrected chi connectivity index (χ2v) is 8.56. The number of aromatic nitrogens is 2. The normalized spacial score (nSPS) is 31.1. The van der Waals surface area contributed by atoms with Crippen LogP contribution in [0.15, 0.2) is 36.7 Å². The number of aromatic amines is 1. The number of aromatic hydroxyl groups is 1. The van der Waals surface area contributed by atoms with Crippen LogP contribution in [-0.4, -0.2) is 62.7 Å². The lowest BCUT2D eigenvalue weighted by Crippen LogP contribution is -2.60. The summed E-state index contributed by atoms with van der Waals surface area (Å²) in [6.07, 6.45) is 8.48. The number of amides is 1. The fraction of sp³-hybridized carbons (Fsp3) is 0.545. The summed E-state index contributed by atoms with van der Waals surface area (Å²) in [5, 5.41) is 16.8. The van der Waals surface area contributed by atoms with Gasteiger partial charge in [0.1, 0.15) is 5.75 Å². The fourth-order valence-corrected chi connectivity index (χ4v) is 5.75. The Hall–Kier alpha value is -2.34. The van der Waals surface area contributed by atoms with Crippen molar-refractivity contribution in [1.29, 1.82) is 0 Å². The van der Waals surface area contributed by atoms with E-state index in [2.05, 4.69) is 26.1 Å². The van der Waals surface area contributed by atoms with E-state index in [-0.39, 0.29) is 11.8 Å². The summed E-state index contributed by atoms with van der Waals surface area (Å²) in [5.74, 6) is 1.51. The lowest BCUT2D eigenvalue weighted by molar-refractivity contribution is -0.136. The summed E-state index contributed by atoms with van der Waals surface area (Å²) >= 11 is 0. The average Bonchev–Trinajstić information content (AvgIpc) is 3.38. The van der Waals surface area contributed by atoms with E-state index in [0.29, 0.717) is 30.2 Å². The van der Waals surface area contributed by atoms with Gasteiger partial charge in [-0.25, -0.2) is 0 Å². The van der Waals surface area contributed by atoms with Crippen molar-refractivity contribution in [2.45, 2.75) is 50.1 Å². The number of carbonyl (C=O) groups is 1. The molecule has 1 aromatic carbocycles. The smallest absolute Gasteiger partial charge is 0.222 e. The first-order valence-corrected chi connectivity index (χ1v) is 10.5. The molecule has 6 nitrogen and oxygen atoms in total. The molecule has 2 N–H and O–H groups in total. The lowest BCUT2D eigenvalue weighted by Gasteiger charge is -2.51. The van der Waals surface area contributed by atoms with Crippen molar-refractivity contribution in [3.63, 3.8) is 0 Å². The molecule has 148 valence electrons. The van der Waals surface area contributed by atoms with E-state index in [4.69, 9.17) is 0 Å². The number of likely N-dealkylation sites (tertiary alicyclic amines) is 1. The zero-order valence-electron chi connectivity index (χ0n) is 16.1. The molecular weight excluding hydrogens is 352 g/mol. The average molecular weight is 380 g/mol. The molecule has 5 heterocycles. The number of hydrogen-bond donors (Lipinski definition) is 2. The van der Waals surface area contributed by atoms with Gasteiger partial charge in [0, 0.05) is 31.1 Å². The quantitative estimate of drug-likeness (QED) is 0.836. The molecule has 4 fully saturated rings. The molecular formula is C22H28N4O2.